The summed E-state index contributed by atoms with van der Waals surface area (Å²) >= 11 is 0. The summed E-state index contributed by atoms with van der Waals surface area (Å²) in [5.41, 5.74) is 10.1. The topological polar surface area (TPSA) is 87.3 Å². The number of carbonyl (C=O) groups is 1. The lowest BCUT2D eigenvalue weighted by atomic mass is 10.1. The van der Waals surface area contributed by atoms with Crippen molar-refractivity contribution in [3.05, 3.63) is 107 Å². The second-order valence-electron chi connectivity index (χ2n) is 7.19. The zero-order chi connectivity index (χ0) is 22.4. The number of hydrogen-bond acceptors (Lipinski definition) is 4. The van der Waals surface area contributed by atoms with Crippen LogP contribution >= 0.6 is 0 Å². The maximum Gasteiger partial charge on any atom is 0.269 e. The van der Waals surface area contributed by atoms with Crippen molar-refractivity contribution in [3.8, 4) is 0 Å². The molecule has 6 nitrogen and oxygen atoms in total. The highest BCUT2D eigenvalue weighted by molar-refractivity contribution is 7.89. The molecule has 31 heavy (non-hydrogen) atoms. The number of hydrogen-bond donors (Lipinski definition) is 3. The van der Waals surface area contributed by atoms with Gasteiger partial charge in [-0.05, 0) is 60.4 Å². The molecule has 0 saturated heterocycles. The largest absolute Gasteiger partial charge is 0.298 e. The Labute approximate surface area is 183 Å². The van der Waals surface area contributed by atoms with Crippen LogP contribution in [-0.2, 0) is 16.6 Å². The van der Waals surface area contributed by atoms with Crippen molar-refractivity contribution in [2.24, 2.45) is 0 Å². The van der Waals surface area contributed by atoms with E-state index in [0.717, 1.165) is 16.7 Å². The van der Waals surface area contributed by atoms with Gasteiger partial charge in [-0.2, -0.15) is 0 Å². The van der Waals surface area contributed by atoms with E-state index in [2.05, 4.69) is 22.2 Å². The zero-order valence-electron chi connectivity index (χ0n) is 17.5. The number of nitrogens with one attached hydrogen (secondary N) is 3. The molecular weight excluding hydrogens is 410 g/mol. The van der Waals surface area contributed by atoms with Gasteiger partial charge in [0.05, 0.1) is 10.6 Å². The normalized spacial score (nSPS) is 11.0. The van der Waals surface area contributed by atoms with Crippen molar-refractivity contribution in [1.29, 1.82) is 0 Å². The first-order valence-corrected chi connectivity index (χ1v) is 11.2. The summed E-state index contributed by atoms with van der Waals surface area (Å²) in [6.45, 7) is 8.13. The lowest BCUT2D eigenvalue weighted by Gasteiger charge is -2.13. The van der Waals surface area contributed by atoms with Gasteiger partial charge >= 0.3 is 0 Å². The molecule has 3 aromatic carbocycles. The van der Waals surface area contributed by atoms with Crippen LogP contribution in [0.1, 0.15) is 32.6 Å². The molecule has 0 atom stereocenters. The highest BCUT2D eigenvalue weighted by atomic mass is 32.2. The quantitative estimate of drug-likeness (QED) is 0.471. The lowest BCUT2D eigenvalue weighted by Crippen LogP contribution is -2.36. The van der Waals surface area contributed by atoms with Crippen LogP contribution in [0.5, 0.6) is 0 Å². The van der Waals surface area contributed by atoms with Gasteiger partial charge in [0.25, 0.3) is 5.91 Å². The minimum absolute atomic E-state index is 0.0177. The van der Waals surface area contributed by atoms with Crippen LogP contribution in [0.25, 0.3) is 5.70 Å². The number of hydrazine groups is 1. The third kappa shape index (κ3) is 5.81. The zero-order valence-corrected chi connectivity index (χ0v) is 18.3. The predicted molar refractivity (Wildman–Crippen MR) is 122 cm³/mol. The van der Waals surface area contributed by atoms with E-state index in [1.165, 1.54) is 23.8 Å². The molecule has 0 bridgehead atoms. The number of amides is 1. The fourth-order valence-corrected chi connectivity index (χ4v) is 3.93. The van der Waals surface area contributed by atoms with E-state index < -0.39 is 15.9 Å². The average molecular weight is 436 g/mol. The van der Waals surface area contributed by atoms with Crippen molar-refractivity contribution < 1.29 is 13.2 Å². The summed E-state index contributed by atoms with van der Waals surface area (Å²) in [6, 6.07) is 20.9. The highest BCUT2D eigenvalue weighted by Crippen LogP contribution is 2.15. The molecule has 0 fully saturated rings. The second-order valence-corrected chi connectivity index (χ2v) is 8.96. The predicted octanol–water partition coefficient (Wildman–Crippen LogP) is 3.69. The van der Waals surface area contributed by atoms with E-state index in [1.807, 2.05) is 62.4 Å². The van der Waals surface area contributed by atoms with E-state index >= 15 is 0 Å². The first-order chi connectivity index (χ1) is 14.8. The maximum atomic E-state index is 12.6. The molecule has 0 spiro atoms. The summed E-state index contributed by atoms with van der Waals surface area (Å²) in [7, 11) is -3.77. The van der Waals surface area contributed by atoms with Crippen molar-refractivity contribution in [2.45, 2.75) is 25.3 Å². The molecule has 0 radical (unpaired) electrons. The van der Waals surface area contributed by atoms with Crippen LogP contribution < -0.4 is 15.6 Å². The summed E-state index contributed by atoms with van der Waals surface area (Å²) in [4.78, 5) is 12.5. The van der Waals surface area contributed by atoms with Gasteiger partial charge in [0, 0.05) is 12.1 Å². The van der Waals surface area contributed by atoms with Crippen LogP contribution in [0.3, 0.4) is 0 Å². The summed E-state index contributed by atoms with van der Waals surface area (Å²) in [6.07, 6.45) is 0. The number of carbonyl (C=O) groups excluding carboxylic acids is 1. The molecule has 0 aromatic heterocycles. The number of sulfonamides is 1. The van der Waals surface area contributed by atoms with Crippen molar-refractivity contribution >= 4 is 21.6 Å². The van der Waals surface area contributed by atoms with Gasteiger partial charge < -0.3 is 0 Å². The summed E-state index contributed by atoms with van der Waals surface area (Å²) in [5, 5.41) is 0. The van der Waals surface area contributed by atoms with E-state index in [0.29, 0.717) is 5.70 Å². The number of benzene rings is 3. The van der Waals surface area contributed by atoms with Gasteiger partial charge in [-0.3, -0.25) is 15.6 Å². The second kappa shape index (κ2) is 9.59. The molecule has 0 heterocycles. The Balaban J connectivity index is 1.65. The van der Waals surface area contributed by atoms with Gasteiger partial charge in [0.15, 0.2) is 0 Å². The van der Waals surface area contributed by atoms with Gasteiger partial charge in [-0.25, -0.2) is 13.1 Å². The molecule has 1 amide bonds. The van der Waals surface area contributed by atoms with E-state index in [4.69, 9.17) is 0 Å². The summed E-state index contributed by atoms with van der Waals surface area (Å²) < 4.78 is 27.8. The van der Waals surface area contributed by atoms with Crippen molar-refractivity contribution in [3.63, 3.8) is 0 Å². The fraction of sp³-hybridized carbons (Fsp3) is 0.125. The van der Waals surface area contributed by atoms with E-state index in [1.54, 1.807) is 6.07 Å². The SMILES string of the molecule is C=C(NNC(=O)c1cccc(S(=O)(=O)NCc2ccccc2)c1)c1ccc(C)c(C)c1. The molecule has 0 aliphatic carbocycles. The molecule has 160 valence electrons. The molecule has 3 N–H and O–H groups in total. The van der Waals surface area contributed by atoms with E-state index in [9.17, 15) is 13.2 Å². The van der Waals surface area contributed by atoms with E-state index in [-0.39, 0.29) is 17.0 Å². The maximum absolute atomic E-state index is 12.6. The molecule has 0 aliphatic heterocycles. The number of aryl methyl sites for hydroxylation is 2. The third-order valence-electron chi connectivity index (χ3n) is 4.90. The third-order valence-corrected chi connectivity index (χ3v) is 6.30. The number of rotatable bonds is 8. The Morgan fingerprint density at radius 1 is 0.839 bits per heavy atom. The molecule has 0 saturated carbocycles. The molecular formula is C24H25N3O3S. The van der Waals surface area contributed by atoms with Gasteiger partial charge in [0.1, 0.15) is 0 Å². The Hall–Kier alpha value is -3.42. The first-order valence-electron chi connectivity index (χ1n) is 9.73. The molecule has 0 aliphatic rings. The Morgan fingerprint density at radius 2 is 1.58 bits per heavy atom. The van der Waals surface area contributed by atoms with Gasteiger partial charge in [-0.15, -0.1) is 0 Å². The summed E-state index contributed by atoms with van der Waals surface area (Å²) in [5.74, 6) is -0.468. The smallest absolute Gasteiger partial charge is 0.269 e. The van der Waals surface area contributed by atoms with Crippen molar-refractivity contribution in [1.82, 2.24) is 15.6 Å². The van der Waals surface area contributed by atoms with Crippen LogP contribution in [-0.4, -0.2) is 14.3 Å². The first kappa shape index (κ1) is 22.3. The van der Waals surface area contributed by atoms with Gasteiger partial charge in [0.2, 0.25) is 10.0 Å². The minimum Gasteiger partial charge on any atom is -0.298 e. The molecule has 7 heteroatoms. The highest BCUT2D eigenvalue weighted by Gasteiger charge is 2.16. The van der Waals surface area contributed by atoms with Crippen LogP contribution in [0.4, 0.5) is 0 Å². The molecule has 3 rings (SSSR count). The van der Waals surface area contributed by atoms with Crippen molar-refractivity contribution in [2.75, 3.05) is 0 Å². The van der Waals surface area contributed by atoms with Crippen LogP contribution in [0.15, 0.2) is 84.3 Å². The van der Waals surface area contributed by atoms with Gasteiger partial charge in [-0.1, -0.05) is 55.1 Å². The monoisotopic (exact) mass is 435 g/mol. The molecule has 0 unspecified atom stereocenters. The lowest BCUT2D eigenvalue weighted by molar-refractivity contribution is 0.0942. The molecule has 3 aromatic rings. The minimum atomic E-state index is -3.77. The Bertz CT molecular complexity index is 1210. The van der Waals surface area contributed by atoms with Crippen LogP contribution in [0, 0.1) is 13.8 Å². The fourth-order valence-electron chi connectivity index (χ4n) is 2.87. The Morgan fingerprint density at radius 3 is 2.29 bits per heavy atom. The standard InChI is InChI=1S/C24H25N3O3S/c1-17-12-13-21(14-18(17)2)19(3)26-27-24(28)22-10-7-11-23(15-22)31(29,30)25-16-20-8-5-4-6-9-20/h4-15,25-26H,3,16H2,1-2H3,(H,27,28). The average Bonchev–Trinajstić information content (AvgIpc) is 2.78. The Kier molecular flexibility index (Phi) is 6.89. The van der Waals surface area contributed by atoms with Crippen LogP contribution in [0.2, 0.25) is 0 Å².